The maximum atomic E-state index is 10.9. The summed E-state index contributed by atoms with van der Waals surface area (Å²) in [6.07, 6.45) is 2.64. The van der Waals surface area contributed by atoms with Crippen molar-refractivity contribution in [1.82, 2.24) is 0 Å². The molecular weight excluding hydrogens is 156 g/mol. The van der Waals surface area contributed by atoms with Crippen LogP contribution >= 0.6 is 0 Å². The highest BCUT2D eigenvalue weighted by molar-refractivity contribution is 5.74. The molecule has 0 N–H and O–H groups in total. The van der Waals surface area contributed by atoms with Gasteiger partial charge in [0.1, 0.15) is 0 Å². The third kappa shape index (κ3) is 4.91. The Hall–Kier alpha value is -0.830. The molecule has 0 aliphatic rings. The van der Waals surface area contributed by atoms with E-state index in [0.717, 1.165) is 19.1 Å². The number of rotatable bonds is 6. The summed E-state index contributed by atoms with van der Waals surface area (Å²) in [5.41, 5.74) is 0. The fourth-order valence-corrected chi connectivity index (χ4v) is 0.650. The molecule has 0 bridgehead atoms. The van der Waals surface area contributed by atoms with E-state index >= 15 is 0 Å². The molecule has 1 unspecified atom stereocenters. The maximum absolute atomic E-state index is 10.9. The van der Waals surface area contributed by atoms with Gasteiger partial charge in [0.2, 0.25) is 0 Å². The molecule has 1 atom stereocenters. The zero-order chi connectivity index (χ0) is 9.40. The molecule has 0 spiro atoms. The Labute approximate surface area is 73.4 Å². The number of carbonyl (C=O) groups is 1. The Balaban J connectivity index is 3.49. The van der Waals surface area contributed by atoms with E-state index in [1.165, 1.54) is 0 Å². The standard InChI is InChI=1S/C9H16O3/c1-4-6-7-12-8(3)9(10)11-5-2/h5,8H,2,4,6-7H2,1,3H3. The molecule has 0 fully saturated rings. The molecule has 0 rings (SSSR count). The van der Waals surface area contributed by atoms with Crippen molar-refractivity contribution >= 4 is 5.97 Å². The Morgan fingerprint density at radius 3 is 2.83 bits per heavy atom. The summed E-state index contributed by atoms with van der Waals surface area (Å²) < 4.78 is 9.71. The molecule has 0 amide bonds. The summed E-state index contributed by atoms with van der Waals surface area (Å²) in [7, 11) is 0. The van der Waals surface area contributed by atoms with Gasteiger partial charge in [-0.05, 0) is 13.3 Å². The smallest absolute Gasteiger partial charge is 0.339 e. The molecule has 0 aliphatic heterocycles. The fraction of sp³-hybridized carbons (Fsp3) is 0.667. The molecule has 3 nitrogen and oxygen atoms in total. The topological polar surface area (TPSA) is 35.5 Å². The predicted molar refractivity (Wildman–Crippen MR) is 46.6 cm³/mol. The van der Waals surface area contributed by atoms with E-state index in [2.05, 4.69) is 18.2 Å². The van der Waals surface area contributed by atoms with Crippen LogP contribution in [0.3, 0.4) is 0 Å². The summed E-state index contributed by atoms with van der Waals surface area (Å²) in [5, 5.41) is 0. The lowest BCUT2D eigenvalue weighted by Gasteiger charge is -2.09. The third-order valence-electron chi connectivity index (χ3n) is 1.40. The lowest BCUT2D eigenvalue weighted by molar-refractivity contribution is -0.150. The average Bonchev–Trinajstić information content (AvgIpc) is 2.05. The number of unbranched alkanes of at least 4 members (excludes halogenated alkanes) is 1. The normalized spacial score (nSPS) is 12.2. The van der Waals surface area contributed by atoms with Crippen molar-refractivity contribution in [1.29, 1.82) is 0 Å². The minimum Gasteiger partial charge on any atom is -0.433 e. The Kier molecular flexibility index (Phi) is 6.38. The number of ether oxygens (including phenoxy) is 2. The van der Waals surface area contributed by atoms with E-state index in [1.807, 2.05) is 0 Å². The number of carbonyl (C=O) groups excluding carboxylic acids is 1. The van der Waals surface area contributed by atoms with Gasteiger partial charge in [-0.1, -0.05) is 19.9 Å². The molecule has 0 saturated carbocycles. The van der Waals surface area contributed by atoms with Crippen molar-refractivity contribution in [2.45, 2.75) is 32.8 Å². The van der Waals surface area contributed by atoms with Crippen LogP contribution in [0.15, 0.2) is 12.8 Å². The SMILES string of the molecule is C=COC(=O)C(C)OCCCC. The second-order valence-electron chi connectivity index (χ2n) is 2.47. The molecule has 70 valence electrons. The zero-order valence-corrected chi connectivity index (χ0v) is 7.71. The van der Waals surface area contributed by atoms with Gasteiger partial charge in [0.25, 0.3) is 0 Å². The van der Waals surface area contributed by atoms with E-state index in [4.69, 9.17) is 4.74 Å². The van der Waals surface area contributed by atoms with Crippen LogP contribution in [0.4, 0.5) is 0 Å². The molecular formula is C9H16O3. The van der Waals surface area contributed by atoms with E-state index in [9.17, 15) is 4.79 Å². The van der Waals surface area contributed by atoms with E-state index < -0.39 is 6.10 Å². The van der Waals surface area contributed by atoms with E-state index in [1.54, 1.807) is 6.92 Å². The first-order valence-corrected chi connectivity index (χ1v) is 4.15. The second-order valence-corrected chi connectivity index (χ2v) is 2.47. The van der Waals surface area contributed by atoms with Crippen LogP contribution in [-0.4, -0.2) is 18.7 Å². The van der Waals surface area contributed by atoms with Crippen LogP contribution in [0.25, 0.3) is 0 Å². The van der Waals surface area contributed by atoms with Gasteiger partial charge in [-0.3, -0.25) is 0 Å². The predicted octanol–water partition coefficient (Wildman–Crippen LogP) is 1.88. The first kappa shape index (κ1) is 11.2. The van der Waals surface area contributed by atoms with Gasteiger partial charge in [0.15, 0.2) is 6.10 Å². The van der Waals surface area contributed by atoms with Crippen molar-refractivity contribution in [2.75, 3.05) is 6.61 Å². The van der Waals surface area contributed by atoms with Crippen molar-refractivity contribution in [2.24, 2.45) is 0 Å². The Bertz CT molecular complexity index is 143. The summed E-state index contributed by atoms with van der Waals surface area (Å²) in [6.45, 7) is 7.62. The first-order valence-electron chi connectivity index (χ1n) is 4.15. The van der Waals surface area contributed by atoms with Crippen molar-refractivity contribution < 1.29 is 14.3 Å². The lowest BCUT2D eigenvalue weighted by Crippen LogP contribution is -2.22. The highest BCUT2D eigenvalue weighted by Crippen LogP contribution is 1.97. The van der Waals surface area contributed by atoms with Crippen molar-refractivity contribution in [3.8, 4) is 0 Å². The van der Waals surface area contributed by atoms with Gasteiger partial charge in [-0.2, -0.15) is 0 Å². The molecule has 0 radical (unpaired) electrons. The first-order chi connectivity index (χ1) is 5.72. The van der Waals surface area contributed by atoms with Crippen LogP contribution in [-0.2, 0) is 14.3 Å². The van der Waals surface area contributed by atoms with Crippen LogP contribution in [0.1, 0.15) is 26.7 Å². The van der Waals surface area contributed by atoms with Crippen LogP contribution in [0.2, 0.25) is 0 Å². The number of hydrogen-bond acceptors (Lipinski definition) is 3. The highest BCUT2D eigenvalue weighted by Gasteiger charge is 2.12. The highest BCUT2D eigenvalue weighted by atomic mass is 16.6. The molecule has 0 aliphatic carbocycles. The molecule has 0 heterocycles. The van der Waals surface area contributed by atoms with Gasteiger partial charge in [-0.15, -0.1) is 0 Å². The van der Waals surface area contributed by atoms with Crippen LogP contribution < -0.4 is 0 Å². The summed E-state index contributed by atoms with van der Waals surface area (Å²) >= 11 is 0. The minimum atomic E-state index is -0.491. The van der Waals surface area contributed by atoms with Gasteiger partial charge >= 0.3 is 5.97 Å². The molecule has 0 aromatic rings. The minimum absolute atomic E-state index is 0.388. The third-order valence-corrected chi connectivity index (χ3v) is 1.40. The monoisotopic (exact) mass is 172 g/mol. The Morgan fingerprint density at radius 1 is 1.67 bits per heavy atom. The van der Waals surface area contributed by atoms with Gasteiger partial charge in [-0.25, -0.2) is 4.79 Å². The van der Waals surface area contributed by atoms with Gasteiger partial charge in [0, 0.05) is 6.61 Å². The molecule has 0 aromatic carbocycles. The van der Waals surface area contributed by atoms with Crippen LogP contribution in [0.5, 0.6) is 0 Å². The molecule has 3 heteroatoms. The van der Waals surface area contributed by atoms with Crippen molar-refractivity contribution in [3.05, 3.63) is 12.8 Å². The van der Waals surface area contributed by atoms with Crippen molar-refractivity contribution in [3.63, 3.8) is 0 Å². The fourth-order valence-electron chi connectivity index (χ4n) is 0.650. The zero-order valence-electron chi connectivity index (χ0n) is 7.71. The van der Waals surface area contributed by atoms with Crippen LogP contribution in [0, 0.1) is 0 Å². The van der Waals surface area contributed by atoms with E-state index in [-0.39, 0.29) is 5.97 Å². The second kappa shape index (κ2) is 6.85. The summed E-state index contributed by atoms with van der Waals surface area (Å²) in [4.78, 5) is 10.9. The largest absolute Gasteiger partial charge is 0.433 e. The number of hydrogen-bond donors (Lipinski definition) is 0. The molecule has 12 heavy (non-hydrogen) atoms. The molecule has 0 aromatic heterocycles. The maximum Gasteiger partial charge on any atom is 0.339 e. The number of esters is 1. The van der Waals surface area contributed by atoms with E-state index in [0.29, 0.717) is 6.61 Å². The molecule has 0 saturated heterocycles. The average molecular weight is 172 g/mol. The van der Waals surface area contributed by atoms with Gasteiger partial charge < -0.3 is 9.47 Å². The summed E-state index contributed by atoms with van der Waals surface area (Å²) in [5.74, 6) is -0.388. The summed E-state index contributed by atoms with van der Waals surface area (Å²) in [6, 6.07) is 0. The quantitative estimate of drug-likeness (QED) is 0.348. The Morgan fingerprint density at radius 2 is 2.33 bits per heavy atom. The van der Waals surface area contributed by atoms with Gasteiger partial charge in [0.05, 0.1) is 6.26 Å². The lowest BCUT2D eigenvalue weighted by atomic mass is 10.3.